The van der Waals surface area contributed by atoms with E-state index in [9.17, 15) is 19.7 Å². The van der Waals surface area contributed by atoms with E-state index in [1.54, 1.807) is 37.3 Å². The molecule has 2 unspecified atom stereocenters. The standard InChI is InChI=1S/C23H21N3O5/c1-14-19(10-21(31-14)16-4-2-5-18(9-16)26(29)30)23(28)24-11-15-8-17(13-24)20-6-3-7-22(27)25(20)12-15/h2-7,9-10,15,17H,8,11-13H2,1H3. The Bertz CT molecular complexity index is 1260. The predicted molar refractivity (Wildman–Crippen MR) is 113 cm³/mol. The summed E-state index contributed by atoms with van der Waals surface area (Å²) < 4.78 is 7.64. The minimum Gasteiger partial charge on any atom is -0.461 e. The number of furan rings is 1. The summed E-state index contributed by atoms with van der Waals surface area (Å²) in [7, 11) is 0. The van der Waals surface area contributed by atoms with Crippen molar-refractivity contribution in [3.05, 3.63) is 86.0 Å². The molecule has 8 nitrogen and oxygen atoms in total. The fourth-order valence-corrected chi connectivity index (χ4v) is 4.84. The average Bonchev–Trinajstić information content (AvgIpc) is 3.15. The van der Waals surface area contributed by atoms with Crippen molar-refractivity contribution in [1.82, 2.24) is 9.47 Å². The molecule has 2 aliphatic heterocycles. The zero-order chi connectivity index (χ0) is 21.7. The first-order chi connectivity index (χ1) is 14.9. The van der Waals surface area contributed by atoms with Crippen LogP contribution in [0.25, 0.3) is 11.3 Å². The first kappa shape index (κ1) is 19.3. The molecule has 0 N–H and O–H groups in total. The van der Waals surface area contributed by atoms with Crippen molar-refractivity contribution in [1.29, 1.82) is 0 Å². The Kier molecular flexibility index (Phi) is 4.50. The van der Waals surface area contributed by atoms with E-state index in [-0.39, 0.29) is 29.0 Å². The summed E-state index contributed by atoms with van der Waals surface area (Å²) in [4.78, 5) is 38.0. The molecule has 0 aliphatic carbocycles. The minimum atomic E-state index is -0.457. The highest BCUT2D eigenvalue weighted by Crippen LogP contribution is 2.36. The number of hydrogen-bond donors (Lipinski definition) is 0. The van der Waals surface area contributed by atoms with Gasteiger partial charge in [0.05, 0.1) is 10.5 Å². The normalized spacial score (nSPS) is 19.7. The highest BCUT2D eigenvalue weighted by Gasteiger charge is 2.37. The zero-order valence-corrected chi connectivity index (χ0v) is 17.0. The van der Waals surface area contributed by atoms with Gasteiger partial charge in [-0.1, -0.05) is 18.2 Å². The van der Waals surface area contributed by atoms with Gasteiger partial charge in [0.15, 0.2) is 0 Å². The second kappa shape index (κ2) is 7.23. The van der Waals surface area contributed by atoms with Crippen LogP contribution in [0.4, 0.5) is 5.69 Å². The molecule has 31 heavy (non-hydrogen) atoms. The number of nitro groups is 1. The largest absolute Gasteiger partial charge is 0.461 e. The third kappa shape index (κ3) is 3.34. The molecule has 1 amide bonds. The van der Waals surface area contributed by atoms with Crippen molar-refractivity contribution in [2.24, 2.45) is 5.92 Å². The molecular formula is C23H21N3O5. The van der Waals surface area contributed by atoms with Gasteiger partial charge in [-0.05, 0) is 31.4 Å². The van der Waals surface area contributed by atoms with Crippen LogP contribution in [0, 0.1) is 23.0 Å². The second-order valence-corrected chi connectivity index (χ2v) is 8.30. The molecule has 0 radical (unpaired) electrons. The van der Waals surface area contributed by atoms with E-state index in [0.29, 0.717) is 42.3 Å². The number of carbonyl (C=O) groups is 1. The first-order valence-corrected chi connectivity index (χ1v) is 10.2. The number of amides is 1. The molecule has 1 aromatic carbocycles. The number of benzene rings is 1. The number of non-ortho nitro benzene ring substituents is 1. The van der Waals surface area contributed by atoms with Gasteiger partial charge in [-0.15, -0.1) is 0 Å². The maximum Gasteiger partial charge on any atom is 0.270 e. The molecule has 1 fully saturated rings. The number of likely N-dealkylation sites (tertiary alicyclic amines) is 1. The Hall–Kier alpha value is -3.68. The number of pyridine rings is 1. The lowest BCUT2D eigenvalue weighted by molar-refractivity contribution is -0.384. The van der Waals surface area contributed by atoms with Crippen LogP contribution in [-0.4, -0.2) is 33.4 Å². The fraction of sp³-hybridized carbons (Fsp3) is 0.304. The van der Waals surface area contributed by atoms with E-state index in [0.717, 1.165) is 12.1 Å². The van der Waals surface area contributed by atoms with Crippen LogP contribution < -0.4 is 5.56 Å². The van der Waals surface area contributed by atoms with Crippen LogP contribution in [-0.2, 0) is 6.54 Å². The number of hydrogen-bond acceptors (Lipinski definition) is 5. The molecule has 2 bridgehead atoms. The van der Waals surface area contributed by atoms with Gasteiger partial charge in [-0.2, -0.15) is 0 Å². The van der Waals surface area contributed by atoms with Crippen LogP contribution in [0.5, 0.6) is 0 Å². The molecular weight excluding hydrogens is 398 g/mol. The van der Waals surface area contributed by atoms with E-state index in [4.69, 9.17) is 4.42 Å². The minimum absolute atomic E-state index is 0.0132. The van der Waals surface area contributed by atoms with E-state index in [1.165, 1.54) is 12.1 Å². The zero-order valence-electron chi connectivity index (χ0n) is 17.0. The van der Waals surface area contributed by atoms with Gasteiger partial charge in [-0.25, -0.2) is 0 Å². The molecule has 0 saturated carbocycles. The van der Waals surface area contributed by atoms with Gasteiger partial charge in [0, 0.05) is 55.0 Å². The highest BCUT2D eigenvalue weighted by atomic mass is 16.6. The number of aryl methyl sites for hydroxylation is 1. The summed E-state index contributed by atoms with van der Waals surface area (Å²) in [5.74, 6) is 1.17. The smallest absolute Gasteiger partial charge is 0.270 e. The predicted octanol–water partition coefficient (Wildman–Crippen LogP) is 3.58. The van der Waals surface area contributed by atoms with Gasteiger partial charge < -0.3 is 13.9 Å². The van der Waals surface area contributed by atoms with Crippen molar-refractivity contribution < 1.29 is 14.1 Å². The quantitative estimate of drug-likeness (QED) is 0.477. The van der Waals surface area contributed by atoms with Crippen LogP contribution in [0.15, 0.2) is 57.7 Å². The lowest BCUT2D eigenvalue weighted by atomic mass is 9.83. The Labute approximate surface area is 177 Å². The Morgan fingerprint density at radius 1 is 1.13 bits per heavy atom. The lowest BCUT2D eigenvalue weighted by Gasteiger charge is -2.42. The average molecular weight is 419 g/mol. The molecule has 2 aliphatic rings. The monoisotopic (exact) mass is 419 g/mol. The number of nitrogens with zero attached hydrogens (tertiary/aromatic N) is 3. The van der Waals surface area contributed by atoms with Crippen molar-refractivity contribution in [2.75, 3.05) is 13.1 Å². The number of carbonyl (C=O) groups excluding carboxylic acids is 1. The van der Waals surface area contributed by atoms with E-state index < -0.39 is 4.92 Å². The summed E-state index contributed by atoms with van der Waals surface area (Å²) >= 11 is 0. The van der Waals surface area contributed by atoms with Crippen LogP contribution in [0.2, 0.25) is 0 Å². The van der Waals surface area contributed by atoms with Gasteiger partial charge in [-0.3, -0.25) is 19.7 Å². The maximum absolute atomic E-state index is 13.3. The third-order valence-corrected chi connectivity index (χ3v) is 6.26. The fourth-order valence-electron chi connectivity index (χ4n) is 4.84. The maximum atomic E-state index is 13.3. The summed E-state index contributed by atoms with van der Waals surface area (Å²) in [5.41, 5.74) is 1.99. The van der Waals surface area contributed by atoms with E-state index in [2.05, 4.69) is 0 Å². The molecule has 0 spiro atoms. The summed E-state index contributed by atoms with van der Waals surface area (Å²) in [5, 5.41) is 11.1. The van der Waals surface area contributed by atoms with Crippen LogP contribution in [0.1, 0.15) is 34.2 Å². The Balaban J connectivity index is 1.42. The number of nitro benzene ring substituents is 1. The van der Waals surface area contributed by atoms with E-state index >= 15 is 0 Å². The van der Waals surface area contributed by atoms with Gasteiger partial charge in [0.25, 0.3) is 17.2 Å². The van der Waals surface area contributed by atoms with Crippen molar-refractivity contribution in [3.8, 4) is 11.3 Å². The first-order valence-electron chi connectivity index (χ1n) is 10.2. The molecule has 2 aromatic heterocycles. The lowest BCUT2D eigenvalue weighted by Crippen LogP contribution is -2.49. The Morgan fingerprint density at radius 3 is 2.74 bits per heavy atom. The topological polar surface area (TPSA) is 98.6 Å². The molecule has 4 heterocycles. The molecule has 5 rings (SSSR count). The van der Waals surface area contributed by atoms with Crippen LogP contribution >= 0.6 is 0 Å². The van der Waals surface area contributed by atoms with Crippen molar-refractivity contribution >= 4 is 11.6 Å². The molecule has 3 aromatic rings. The second-order valence-electron chi connectivity index (χ2n) is 8.30. The van der Waals surface area contributed by atoms with Gasteiger partial charge in [0.1, 0.15) is 11.5 Å². The highest BCUT2D eigenvalue weighted by molar-refractivity contribution is 5.96. The summed E-state index contributed by atoms with van der Waals surface area (Å²) in [6, 6.07) is 13.2. The van der Waals surface area contributed by atoms with Crippen molar-refractivity contribution in [3.63, 3.8) is 0 Å². The summed E-state index contributed by atoms with van der Waals surface area (Å²) in [6.07, 6.45) is 0.969. The number of aromatic nitrogens is 1. The Morgan fingerprint density at radius 2 is 1.94 bits per heavy atom. The SMILES string of the molecule is Cc1oc(-c2cccc([N+](=O)[O-])c2)cc1C(=O)N1CC2CC(C1)c1cccc(=O)n1C2. The molecule has 2 atom stereocenters. The van der Waals surface area contributed by atoms with Crippen LogP contribution in [0.3, 0.4) is 0 Å². The number of fused-ring (bicyclic) bond motifs is 4. The molecule has 8 heteroatoms. The van der Waals surface area contributed by atoms with Crippen molar-refractivity contribution in [2.45, 2.75) is 25.8 Å². The molecule has 158 valence electrons. The van der Waals surface area contributed by atoms with Gasteiger partial charge >= 0.3 is 0 Å². The summed E-state index contributed by atoms with van der Waals surface area (Å²) in [6.45, 7) is 3.49. The number of piperidine rings is 1. The van der Waals surface area contributed by atoms with Gasteiger partial charge in [0.2, 0.25) is 0 Å². The third-order valence-electron chi connectivity index (χ3n) is 6.26. The number of rotatable bonds is 3. The molecule has 1 saturated heterocycles. The van der Waals surface area contributed by atoms with E-state index in [1.807, 2.05) is 15.5 Å².